The van der Waals surface area contributed by atoms with E-state index in [4.69, 9.17) is 5.73 Å². The van der Waals surface area contributed by atoms with E-state index in [2.05, 4.69) is 12.1 Å². The van der Waals surface area contributed by atoms with Crippen molar-refractivity contribution in [3.05, 3.63) is 65.5 Å². The number of rotatable bonds is 6. The van der Waals surface area contributed by atoms with E-state index >= 15 is 0 Å². The molecule has 2 aromatic carbocycles. The number of hydrogen-bond acceptors (Lipinski definition) is 2. The minimum absolute atomic E-state index is 0.199. The predicted molar refractivity (Wildman–Crippen MR) is 82.3 cm³/mol. The molecule has 2 aromatic rings. The maximum Gasteiger partial charge on any atom is 0.146 e. The Bertz CT molecular complexity index is 540. The lowest BCUT2D eigenvalue weighted by atomic mass is 10.1. The van der Waals surface area contributed by atoms with Gasteiger partial charge in [-0.25, -0.2) is 4.39 Å². The summed E-state index contributed by atoms with van der Waals surface area (Å²) in [6, 6.07) is 15.6. The molecule has 0 aliphatic carbocycles. The van der Waals surface area contributed by atoms with E-state index < -0.39 is 0 Å². The molecule has 0 heterocycles. The molecule has 0 amide bonds. The van der Waals surface area contributed by atoms with Crippen molar-refractivity contribution in [2.45, 2.75) is 19.4 Å². The predicted octanol–water partition coefficient (Wildman–Crippen LogP) is 3.35. The van der Waals surface area contributed by atoms with Crippen LogP contribution in [-0.2, 0) is 13.0 Å². The first-order chi connectivity index (χ1) is 9.70. The molecule has 20 heavy (non-hydrogen) atoms. The number of aryl methyl sites for hydroxylation is 1. The van der Waals surface area contributed by atoms with Crippen LogP contribution in [0.4, 0.5) is 10.1 Å². The average molecular weight is 272 g/mol. The van der Waals surface area contributed by atoms with Crippen LogP contribution in [0.15, 0.2) is 48.5 Å². The van der Waals surface area contributed by atoms with Gasteiger partial charge in [-0.1, -0.05) is 36.4 Å². The normalized spacial score (nSPS) is 10.6. The highest BCUT2D eigenvalue weighted by Gasteiger charge is 2.07. The first kappa shape index (κ1) is 14.5. The third kappa shape index (κ3) is 3.81. The van der Waals surface area contributed by atoms with E-state index in [0.717, 1.165) is 24.9 Å². The van der Waals surface area contributed by atoms with Crippen LogP contribution in [0, 0.1) is 5.82 Å². The van der Waals surface area contributed by atoms with Crippen LogP contribution in [-0.4, -0.2) is 13.6 Å². The molecule has 0 aliphatic heterocycles. The Morgan fingerprint density at radius 1 is 1.05 bits per heavy atom. The maximum atomic E-state index is 13.9. The molecule has 2 rings (SSSR count). The van der Waals surface area contributed by atoms with Crippen molar-refractivity contribution in [2.24, 2.45) is 5.73 Å². The molecule has 2 nitrogen and oxygen atoms in total. The van der Waals surface area contributed by atoms with Gasteiger partial charge < -0.3 is 10.6 Å². The van der Waals surface area contributed by atoms with Crippen molar-refractivity contribution in [1.29, 1.82) is 0 Å². The van der Waals surface area contributed by atoms with Gasteiger partial charge in [0.15, 0.2) is 0 Å². The second kappa shape index (κ2) is 7.06. The lowest BCUT2D eigenvalue weighted by Crippen LogP contribution is -2.20. The highest BCUT2D eigenvalue weighted by molar-refractivity contribution is 5.48. The highest BCUT2D eigenvalue weighted by Crippen LogP contribution is 2.19. The van der Waals surface area contributed by atoms with E-state index in [1.165, 1.54) is 11.6 Å². The fourth-order valence-corrected chi connectivity index (χ4v) is 2.27. The topological polar surface area (TPSA) is 29.3 Å². The van der Waals surface area contributed by atoms with E-state index in [-0.39, 0.29) is 5.82 Å². The van der Waals surface area contributed by atoms with Gasteiger partial charge in [0.05, 0.1) is 5.69 Å². The van der Waals surface area contributed by atoms with Crippen LogP contribution >= 0.6 is 0 Å². The molecule has 0 radical (unpaired) electrons. The van der Waals surface area contributed by atoms with Gasteiger partial charge in [-0.15, -0.1) is 0 Å². The number of nitrogens with two attached hydrogens (primary N) is 1. The number of hydrogen-bond donors (Lipinski definition) is 1. The molecule has 0 spiro atoms. The minimum Gasteiger partial charge on any atom is -0.372 e. The van der Waals surface area contributed by atoms with Crippen molar-refractivity contribution in [1.82, 2.24) is 0 Å². The van der Waals surface area contributed by atoms with Gasteiger partial charge in [0.2, 0.25) is 0 Å². The molecule has 0 aliphatic rings. The summed E-state index contributed by atoms with van der Waals surface area (Å²) in [6.07, 6.45) is 2.01. The van der Waals surface area contributed by atoms with Crippen molar-refractivity contribution in [3.8, 4) is 0 Å². The first-order valence-electron chi connectivity index (χ1n) is 6.94. The monoisotopic (exact) mass is 272 g/mol. The third-order valence-corrected chi connectivity index (χ3v) is 3.46. The van der Waals surface area contributed by atoms with Gasteiger partial charge in [-0.05, 0) is 36.1 Å². The molecular weight excluding hydrogens is 251 g/mol. The Labute approximate surface area is 120 Å². The second-order valence-electron chi connectivity index (χ2n) is 5.00. The van der Waals surface area contributed by atoms with Gasteiger partial charge in [0, 0.05) is 20.1 Å². The molecule has 0 saturated heterocycles. The van der Waals surface area contributed by atoms with Crippen molar-refractivity contribution < 1.29 is 4.39 Å². The molecule has 106 valence electrons. The fourth-order valence-electron chi connectivity index (χ4n) is 2.27. The van der Waals surface area contributed by atoms with Crippen molar-refractivity contribution in [2.75, 3.05) is 18.5 Å². The average Bonchev–Trinajstić information content (AvgIpc) is 2.48. The quantitative estimate of drug-likeness (QED) is 0.873. The van der Waals surface area contributed by atoms with Crippen LogP contribution < -0.4 is 10.6 Å². The van der Waals surface area contributed by atoms with E-state index in [1.54, 1.807) is 6.07 Å². The number of nitrogens with zero attached hydrogens (tertiary/aromatic N) is 1. The molecule has 0 saturated carbocycles. The van der Waals surface area contributed by atoms with Crippen molar-refractivity contribution >= 4 is 5.69 Å². The summed E-state index contributed by atoms with van der Waals surface area (Å²) in [7, 11) is 1.92. The lowest BCUT2D eigenvalue weighted by molar-refractivity contribution is 0.618. The molecular formula is C17H21FN2. The Morgan fingerprint density at radius 2 is 1.80 bits per heavy atom. The van der Waals surface area contributed by atoms with Gasteiger partial charge in [0.25, 0.3) is 0 Å². The summed E-state index contributed by atoms with van der Waals surface area (Å²) in [5.74, 6) is -0.199. The van der Waals surface area contributed by atoms with Gasteiger partial charge >= 0.3 is 0 Å². The third-order valence-electron chi connectivity index (χ3n) is 3.46. The van der Waals surface area contributed by atoms with Gasteiger partial charge in [0.1, 0.15) is 5.82 Å². The van der Waals surface area contributed by atoms with Gasteiger partial charge in [-0.3, -0.25) is 0 Å². The molecule has 2 N–H and O–H groups in total. The van der Waals surface area contributed by atoms with Gasteiger partial charge in [-0.2, -0.15) is 0 Å². The summed E-state index contributed by atoms with van der Waals surface area (Å²) in [5, 5.41) is 0. The summed E-state index contributed by atoms with van der Waals surface area (Å²) in [6.45, 7) is 1.20. The number of benzene rings is 2. The largest absolute Gasteiger partial charge is 0.372 e. The highest BCUT2D eigenvalue weighted by atomic mass is 19.1. The molecule has 0 unspecified atom stereocenters. The first-order valence-corrected chi connectivity index (χ1v) is 6.94. The molecule has 0 bridgehead atoms. The van der Waals surface area contributed by atoms with Crippen LogP contribution in [0.2, 0.25) is 0 Å². The zero-order valence-electron chi connectivity index (χ0n) is 11.8. The van der Waals surface area contributed by atoms with E-state index in [9.17, 15) is 4.39 Å². The van der Waals surface area contributed by atoms with E-state index in [0.29, 0.717) is 12.2 Å². The summed E-state index contributed by atoms with van der Waals surface area (Å²) < 4.78 is 13.9. The van der Waals surface area contributed by atoms with Crippen LogP contribution in [0.1, 0.15) is 17.5 Å². The van der Waals surface area contributed by atoms with Crippen molar-refractivity contribution in [3.63, 3.8) is 0 Å². The number of anilines is 1. The summed E-state index contributed by atoms with van der Waals surface area (Å²) >= 11 is 0. The Kier molecular flexibility index (Phi) is 5.13. The SMILES string of the molecule is CN(CCCc1ccccc1)c1ccc(CN)cc1F. The molecule has 3 heteroatoms. The standard InChI is InChI=1S/C17H21FN2/c1-20(11-5-8-14-6-3-2-4-7-14)17-10-9-15(13-19)12-16(17)18/h2-4,6-7,9-10,12H,5,8,11,13,19H2,1H3. The van der Waals surface area contributed by atoms with Crippen LogP contribution in [0.25, 0.3) is 0 Å². The smallest absolute Gasteiger partial charge is 0.146 e. The molecule has 0 atom stereocenters. The number of halogens is 1. The second-order valence-corrected chi connectivity index (χ2v) is 5.00. The lowest BCUT2D eigenvalue weighted by Gasteiger charge is -2.20. The van der Waals surface area contributed by atoms with Crippen LogP contribution in [0.5, 0.6) is 0 Å². The summed E-state index contributed by atoms with van der Waals surface area (Å²) in [5.41, 5.74) is 8.29. The Hall–Kier alpha value is -1.87. The van der Waals surface area contributed by atoms with E-state index in [1.807, 2.05) is 36.2 Å². The maximum absolute atomic E-state index is 13.9. The Balaban J connectivity index is 1.90. The van der Waals surface area contributed by atoms with Crippen LogP contribution in [0.3, 0.4) is 0 Å². The fraction of sp³-hybridized carbons (Fsp3) is 0.294. The Morgan fingerprint density at radius 3 is 2.45 bits per heavy atom. The molecule has 0 aromatic heterocycles. The molecule has 0 fully saturated rings. The summed E-state index contributed by atoms with van der Waals surface area (Å²) in [4.78, 5) is 1.96. The minimum atomic E-state index is -0.199. The zero-order chi connectivity index (χ0) is 14.4. The zero-order valence-corrected chi connectivity index (χ0v) is 11.8.